The third kappa shape index (κ3) is 3.44. The van der Waals surface area contributed by atoms with Crippen LogP contribution in [-0.4, -0.2) is 17.0 Å². The molecule has 2 rings (SSSR count). The van der Waals surface area contributed by atoms with Crippen LogP contribution in [0.4, 0.5) is 15.8 Å². The molecule has 0 fully saturated rings. The summed E-state index contributed by atoms with van der Waals surface area (Å²) in [5.74, 6) is -0.243. The van der Waals surface area contributed by atoms with Gasteiger partial charge in [0.05, 0.1) is 24.3 Å². The lowest BCUT2D eigenvalue weighted by molar-refractivity contribution is -0.385. The number of nitro groups is 1. The summed E-state index contributed by atoms with van der Waals surface area (Å²) >= 11 is 0. The number of rotatable bonds is 5. The van der Waals surface area contributed by atoms with Gasteiger partial charge in [0, 0.05) is 18.0 Å². The van der Waals surface area contributed by atoms with E-state index in [-0.39, 0.29) is 17.5 Å². The molecule has 1 aromatic heterocycles. The van der Waals surface area contributed by atoms with Gasteiger partial charge in [0.1, 0.15) is 5.82 Å². The highest BCUT2D eigenvalue weighted by Crippen LogP contribution is 2.31. The van der Waals surface area contributed by atoms with Gasteiger partial charge in [0.25, 0.3) is 0 Å². The molecule has 0 saturated heterocycles. The molecule has 1 N–H and O–H groups in total. The van der Waals surface area contributed by atoms with Gasteiger partial charge in [-0.2, -0.15) is 0 Å². The van der Waals surface area contributed by atoms with Gasteiger partial charge in [-0.3, -0.25) is 15.1 Å². The maximum absolute atomic E-state index is 13.1. The standard InChI is InChI=1S/C14H14FN3O3/c1-9(10-5-11(15)8-16-7-10)17-12-3-4-14(21-2)13(6-12)18(19)20/h3-9,17H,1-2H3. The van der Waals surface area contributed by atoms with Crippen molar-refractivity contribution in [3.63, 3.8) is 0 Å². The molecule has 0 bridgehead atoms. The lowest BCUT2D eigenvalue weighted by atomic mass is 10.1. The number of anilines is 1. The molecule has 0 saturated carbocycles. The Balaban J connectivity index is 2.23. The highest BCUT2D eigenvalue weighted by Gasteiger charge is 2.16. The zero-order valence-corrected chi connectivity index (χ0v) is 11.5. The Bertz CT molecular complexity index is 664. The average Bonchev–Trinajstić information content (AvgIpc) is 2.47. The molecule has 0 aliphatic carbocycles. The van der Waals surface area contributed by atoms with Crippen LogP contribution in [0.5, 0.6) is 5.75 Å². The van der Waals surface area contributed by atoms with E-state index in [1.165, 1.54) is 25.3 Å². The number of nitrogens with one attached hydrogen (secondary N) is 1. The molecule has 2 aromatic rings. The first-order valence-electron chi connectivity index (χ1n) is 6.20. The Morgan fingerprint density at radius 2 is 2.14 bits per heavy atom. The van der Waals surface area contributed by atoms with Crippen LogP contribution in [-0.2, 0) is 0 Å². The Morgan fingerprint density at radius 3 is 2.76 bits per heavy atom. The van der Waals surface area contributed by atoms with Gasteiger partial charge < -0.3 is 10.1 Å². The van der Waals surface area contributed by atoms with Crippen molar-refractivity contribution >= 4 is 11.4 Å². The second-order valence-electron chi connectivity index (χ2n) is 4.45. The van der Waals surface area contributed by atoms with Crippen molar-refractivity contribution in [2.75, 3.05) is 12.4 Å². The van der Waals surface area contributed by atoms with Crippen LogP contribution < -0.4 is 10.1 Å². The second-order valence-corrected chi connectivity index (χ2v) is 4.45. The van der Waals surface area contributed by atoms with Crippen LogP contribution in [0.15, 0.2) is 36.7 Å². The Hall–Kier alpha value is -2.70. The summed E-state index contributed by atoms with van der Waals surface area (Å²) in [6, 6.07) is 5.66. The van der Waals surface area contributed by atoms with E-state index in [0.717, 1.165) is 6.20 Å². The number of aromatic nitrogens is 1. The Morgan fingerprint density at radius 1 is 1.38 bits per heavy atom. The smallest absolute Gasteiger partial charge is 0.312 e. The number of ether oxygens (including phenoxy) is 1. The van der Waals surface area contributed by atoms with Crippen molar-refractivity contribution in [1.82, 2.24) is 4.98 Å². The molecule has 0 aliphatic rings. The zero-order valence-electron chi connectivity index (χ0n) is 11.5. The summed E-state index contributed by atoms with van der Waals surface area (Å²) < 4.78 is 18.1. The van der Waals surface area contributed by atoms with Gasteiger partial charge in [-0.25, -0.2) is 4.39 Å². The molecule has 0 radical (unpaired) electrons. The maximum atomic E-state index is 13.1. The largest absolute Gasteiger partial charge is 0.490 e. The van der Waals surface area contributed by atoms with Crippen molar-refractivity contribution in [3.8, 4) is 5.75 Å². The SMILES string of the molecule is COc1ccc(NC(C)c2cncc(F)c2)cc1[N+](=O)[O-]. The predicted molar refractivity (Wildman–Crippen MR) is 75.9 cm³/mol. The summed E-state index contributed by atoms with van der Waals surface area (Å²) in [7, 11) is 1.37. The third-order valence-corrected chi connectivity index (χ3v) is 2.98. The number of hydrogen-bond donors (Lipinski definition) is 1. The molecule has 1 aromatic carbocycles. The molecule has 7 heteroatoms. The van der Waals surface area contributed by atoms with Gasteiger partial charge in [-0.1, -0.05) is 0 Å². The molecule has 21 heavy (non-hydrogen) atoms. The number of pyridine rings is 1. The summed E-state index contributed by atoms with van der Waals surface area (Å²) in [6.45, 7) is 1.81. The monoisotopic (exact) mass is 291 g/mol. The Labute approximate surface area is 120 Å². The summed E-state index contributed by atoms with van der Waals surface area (Å²) in [4.78, 5) is 14.2. The number of nitro benzene ring substituents is 1. The summed E-state index contributed by atoms with van der Waals surface area (Å²) in [6.07, 6.45) is 2.66. The maximum Gasteiger partial charge on any atom is 0.312 e. The van der Waals surface area contributed by atoms with Crippen LogP contribution >= 0.6 is 0 Å². The molecular weight excluding hydrogens is 277 g/mol. The van der Waals surface area contributed by atoms with E-state index < -0.39 is 10.7 Å². The van der Waals surface area contributed by atoms with Gasteiger partial charge in [-0.05, 0) is 30.7 Å². The van der Waals surface area contributed by atoms with Crippen molar-refractivity contribution in [2.24, 2.45) is 0 Å². The Kier molecular flexibility index (Phi) is 4.32. The second kappa shape index (κ2) is 6.17. The molecule has 1 atom stereocenters. The zero-order chi connectivity index (χ0) is 15.4. The molecule has 0 spiro atoms. The van der Waals surface area contributed by atoms with Crippen LogP contribution in [0.1, 0.15) is 18.5 Å². The molecule has 1 heterocycles. The number of benzene rings is 1. The normalized spacial score (nSPS) is 11.8. The van der Waals surface area contributed by atoms with Crippen LogP contribution in [0.3, 0.4) is 0 Å². The number of methoxy groups -OCH3 is 1. The number of nitrogens with zero attached hydrogens (tertiary/aromatic N) is 2. The predicted octanol–water partition coefficient (Wildman–Crippen LogP) is 3.31. The highest BCUT2D eigenvalue weighted by molar-refractivity contribution is 5.59. The first-order valence-corrected chi connectivity index (χ1v) is 6.20. The van der Waals surface area contributed by atoms with E-state index >= 15 is 0 Å². The lowest BCUT2D eigenvalue weighted by Crippen LogP contribution is -2.07. The molecule has 6 nitrogen and oxygen atoms in total. The number of halogens is 1. The van der Waals surface area contributed by atoms with Crippen LogP contribution in [0.2, 0.25) is 0 Å². The molecule has 0 aliphatic heterocycles. The summed E-state index contributed by atoms with van der Waals surface area (Å²) in [5.41, 5.74) is 1.06. The molecular formula is C14H14FN3O3. The third-order valence-electron chi connectivity index (χ3n) is 2.98. The van der Waals surface area contributed by atoms with E-state index in [4.69, 9.17) is 4.74 Å². The molecule has 0 amide bonds. The molecule has 1 unspecified atom stereocenters. The van der Waals surface area contributed by atoms with Crippen molar-refractivity contribution in [3.05, 3.63) is 58.2 Å². The average molecular weight is 291 g/mol. The van der Waals surface area contributed by atoms with E-state index in [9.17, 15) is 14.5 Å². The summed E-state index contributed by atoms with van der Waals surface area (Å²) in [5, 5.41) is 14.0. The fourth-order valence-electron chi connectivity index (χ4n) is 1.92. The van der Waals surface area contributed by atoms with E-state index in [0.29, 0.717) is 11.3 Å². The van der Waals surface area contributed by atoms with E-state index in [1.54, 1.807) is 12.3 Å². The minimum Gasteiger partial charge on any atom is -0.490 e. The lowest BCUT2D eigenvalue weighted by Gasteiger charge is -2.15. The van der Waals surface area contributed by atoms with Gasteiger partial charge in [0.2, 0.25) is 0 Å². The van der Waals surface area contributed by atoms with Gasteiger partial charge in [-0.15, -0.1) is 0 Å². The van der Waals surface area contributed by atoms with Crippen molar-refractivity contribution < 1.29 is 14.1 Å². The van der Waals surface area contributed by atoms with E-state index in [2.05, 4.69) is 10.3 Å². The highest BCUT2D eigenvalue weighted by atomic mass is 19.1. The minimum atomic E-state index is -0.515. The molecule has 110 valence electrons. The quantitative estimate of drug-likeness (QED) is 0.675. The van der Waals surface area contributed by atoms with Crippen molar-refractivity contribution in [2.45, 2.75) is 13.0 Å². The van der Waals surface area contributed by atoms with Crippen LogP contribution in [0, 0.1) is 15.9 Å². The minimum absolute atomic E-state index is 0.132. The first-order chi connectivity index (χ1) is 10.0. The topological polar surface area (TPSA) is 77.3 Å². The van der Waals surface area contributed by atoms with Gasteiger partial charge in [0.15, 0.2) is 5.75 Å². The first kappa shape index (κ1) is 14.7. The van der Waals surface area contributed by atoms with Gasteiger partial charge >= 0.3 is 5.69 Å². The fraction of sp³-hybridized carbons (Fsp3) is 0.214. The van der Waals surface area contributed by atoms with Crippen LogP contribution in [0.25, 0.3) is 0 Å². The fourth-order valence-corrected chi connectivity index (χ4v) is 1.92. The number of hydrogen-bond acceptors (Lipinski definition) is 5. The van der Waals surface area contributed by atoms with E-state index in [1.807, 2.05) is 6.92 Å². The van der Waals surface area contributed by atoms with Crippen molar-refractivity contribution in [1.29, 1.82) is 0 Å².